The van der Waals surface area contributed by atoms with E-state index in [0.717, 1.165) is 21.5 Å². The van der Waals surface area contributed by atoms with E-state index in [0.29, 0.717) is 5.84 Å². The van der Waals surface area contributed by atoms with Crippen molar-refractivity contribution >= 4 is 22.8 Å². The highest BCUT2D eigenvalue weighted by Crippen LogP contribution is 2.04. The van der Waals surface area contributed by atoms with Gasteiger partial charge in [0.15, 0.2) is 0 Å². The molecule has 3 heteroatoms. The minimum atomic E-state index is 0.337. The molecule has 0 saturated carbocycles. The maximum atomic E-state index is 7.43. The van der Waals surface area contributed by atoms with Crippen molar-refractivity contribution in [1.82, 2.24) is 4.98 Å². The second-order valence-corrected chi connectivity index (χ2v) is 3.08. The number of nitrogens with zero attached hydrogens (tertiary/aromatic N) is 1. The first-order valence-electron chi connectivity index (χ1n) is 4.10. The van der Waals surface area contributed by atoms with Gasteiger partial charge in [0.25, 0.3) is 0 Å². The van der Waals surface area contributed by atoms with Gasteiger partial charge in [-0.15, -0.1) is 0 Å². The zero-order chi connectivity index (χ0) is 8.84. The van der Waals surface area contributed by atoms with Crippen molar-refractivity contribution in [3.8, 4) is 0 Å². The van der Waals surface area contributed by atoms with Gasteiger partial charge in [-0.2, -0.15) is 0 Å². The number of benzene rings is 1. The number of hydrogen-bond acceptors (Lipinski definition) is 1. The minimum absolute atomic E-state index is 0.337. The molecule has 0 spiro atoms. The molecule has 2 N–H and O–H groups in total. The van der Waals surface area contributed by atoms with Gasteiger partial charge < -0.3 is 4.98 Å². The maximum absolute atomic E-state index is 7.43. The molecule has 0 bridgehead atoms. The Kier molecular flexibility index (Phi) is 1.05. The molecule has 0 radical (unpaired) electrons. The number of aromatic amines is 1. The van der Waals surface area contributed by atoms with Crippen LogP contribution in [0.4, 0.5) is 0 Å². The van der Waals surface area contributed by atoms with Crippen LogP contribution in [-0.2, 0) is 0 Å². The van der Waals surface area contributed by atoms with Gasteiger partial charge in [-0.05, 0) is 18.2 Å². The summed E-state index contributed by atoms with van der Waals surface area (Å²) in [4.78, 5) is 7.28. The highest BCUT2D eigenvalue weighted by Gasteiger charge is 2.04. The van der Waals surface area contributed by atoms with E-state index in [1.165, 1.54) is 0 Å². The molecule has 62 valence electrons. The Hall–Kier alpha value is -1.90. The van der Waals surface area contributed by atoms with Crippen molar-refractivity contribution in [2.45, 2.75) is 0 Å². The van der Waals surface area contributed by atoms with Gasteiger partial charge in [0.2, 0.25) is 0 Å². The summed E-state index contributed by atoms with van der Waals surface area (Å²) in [6.45, 7) is 0. The molecule has 0 atom stereocenters. The Balaban J connectivity index is 2.69. The van der Waals surface area contributed by atoms with Crippen molar-refractivity contribution < 1.29 is 0 Å². The van der Waals surface area contributed by atoms with Gasteiger partial charge in [-0.25, -0.2) is 4.99 Å². The lowest BCUT2D eigenvalue weighted by Crippen LogP contribution is -2.21. The molecule has 1 aromatic carbocycles. The van der Waals surface area contributed by atoms with Crippen molar-refractivity contribution in [2.24, 2.45) is 4.99 Å². The molecule has 0 unspecified atom stereocenters. The molecule has 2 aromatic rings. The van der Waals surface area contributed by atoms with Crippen LogP contribution in [0.1, 0.15) is 0 Å². The summed E-state index contributed by atoms with van der Waals surface area (Å²) in [5.41, 5.74) is 1.07. The zero-order valence-corrected chi connectivity index (χ0v) is 6.83. The number of fused-ring (bicyclic) bond motifs is 3. The van der Waals surface area contributed by atoms with E-state index in [-0.39, 0.29) is 0 Å². The van der Waals surface area contributed by atoms with Gasteiger partial charge in [0.1, 0.15) is 5.84 Å². The molecule has 0 amide bonds. The molecule has 3 rings (SSSR count). The summed E-state index contributed by atoms with van der Waals surface area (Å²) >= 11 is 0. The Morgan fingerprint density at radius 1 is 1.23 bits per heavy atom. The Morgan fingerprint density at radius 3 is 3.08 bits per heavy atom. The summed E-state index contributed by atoms with van der Waals surface area (Å²) in [7, 11) is 0. The topological polar surface area (TPSA) is 52.0 Å². The van der Waals surface area contributed by atoms with Gasteiger partial charge in [0, 0.05) is 22.3 Å². The summed E-state index contributed by atoms with van der Waals surface area (Å²) in [5.74, 6) is 0.337. The number of rotatable bonds is 0. The van der Waals surface area contributed by atoms with Crippen LogP contribution < -0.4 is 10.6 Å². The first-order chi connectivity index (χ1) is 6.34. The van der Waals surface area contributed by atoms with Crippen LogP contribution in [0, 0.1) is 5.41 Å². The van der Waals surface area contributed by atoms with E-state index in [1.54, 1.807) is 6.08 Å². The van der Waals surface area contributed by atoms with Crippen LogP contribution in [0.5, 0.6) is 0 Å². The third-order valence-corrected chi connectivity index (χ3v) is 2.26. The predicted molar refractivity (Wildman–Crippen MR) is 51.3 cm³/mol. The fourth-order valence-electron chi connectivity index (χ4n) is 1.68. The summed E-state index contributed by atoms with van der Waals surface area (Å²) in [6, 6.07) is 5.99. The molecule has 0 aliphatic carbocycles. The fourth-order valence-corrected chi connectivity index (χ4v) is 1.68. The lowest BCUT2D eigenvalue weighted by molar-refractivity contribution is 1.40. The van der Waals surface area contributed by atoms with Crippen molar-refractivity contribution in [1.29, 1.82) is 5.41 Å². The maximum Gasteiger partial charge on any atom is 0.145 e. The lowest BCUT2D eigenvalue weighted by Gasteiger charge is -1.87. The molecule has 3 nitrogen and oxygen atoms in total. The second kappa shape index (κ2) is 2.07. The third kappa shape index (κ3) is 0.783. The van der Waals surface area contributed by atoms with Gasteiger partial charge in [0.05, 0.1) is 5.36 Å². The number of amidine groups is 1. The lowest BCUT2D eigenvalue weighted by atomic mass is 10.2. The van der Waals surface area contributed by atoms with Gasteiger partial charge >= 0.3 is 0 Å². The van der Waals surface area contributed by atoms with Crippen molar-refractivity contribution in [3.63, 3.8) is 0 Å². The van der Waals surface area contributed by atoms with Crippen LogP contribution in [0.25, 0.3) is 17.0 Å². The third-order valence-electron chi connectivity index (χ3n) is 2.26. The first-order valence-corrected chi connectivity index (χ1v) is 4.10. The normalized spacial score (nSPS) is 14.0. The quantitative estimate of drug-likeness (QED) is 0.579. The molecular formula is C10H7N3. The summed E-state index contributed by atoms with van der Waals surface area (Å²) in [5, 5.41) is 10.5. The molecule has 0 saturated heterocycles. The molecule has 1 aliphatic rings. The first kappa shape index (κ1) is 6.60. The van der Waals surface area contributed by atoms with Crippen LogP contribution in [-0.4, -0.2) is 10.8 Å². The van der Waals surface area contributed by atoms with Crippen LogP contribution in [0.15, 0.2) is 29.4 Å². The van der Waals surface area contributed by atoms with E-state index in [4.69, 9.17) is 5.41 Å². The standard InChI is InChI=1S/C10H7N3/c11-9-5-6-1-2-8-7(3-4-12-8)10(6)13-9/h1-5,11-12H. The highest BCUT2D eigenvalue weighted by molar-refractivity contribution is 6.09. The monoisotopic (exact) mass is 169 g/mol. The zero-order valence-electron chi connectivity index (χ0n) is 6.83. The largest absolute Gasteiger partial charge is 0.361 e. The molecular weight excluding hydrogens is 162 g/mol. The van der Waals surface area contributed by atoms with Crippen LogP contribution in [0.3, 0.4) is 0 Å². The Labute approximate surface area is 73.9 Å². The van der Waals surface area contributed by atoms with E-state index < -0.39 is 0 Å². The number of hydrogen-bond donors (Lipinski definition) is 2. The van der Waals surface area contributed by atoms with Crippen molar-refractivity contribution in [2.75, 3.05) is 0 Å². The smallest absolute Gasteiger partial charge is 0.145 e. The molecule has 1 aliphatic heterocycles. The fraction of sp³-hybridized carbons (Fsp3) is 0. The van der Waals surface area contributed by atoms with Crippen molar-refractivity contribution in [3.05, 3.63) is 35.0 Å². The molecule has 13 heavy (non-hydrogen) atoms. The van der Waals surface area contributed by atoms with Gasteiger partial charge in [-0.1, -0.05) is 6.07 Å². The minimum Gasteiger partial charge on any atom is -0.361 e. The molecule has 2 heterocycles. The number of H-pyrrole nitrogens is 1. The molecule has 0 fully saturated rings. The Bertz CT molecular complexity index is 619. The van der Waals surface area contributed by atoms with E-state index >= 15 is 0 Å². The number of nitrogens with one attached hydrogen (secondary N) is 2. The highest BCUT2D eigenvalue weighted by atomic mass is 14.8. The van der Waals surface area contributed by atoms with Gasteiger partial charge in [-0.3, -0.25) is 5.41 Å². The average molecular weight is 169 g/mol. The number of aromatic nitrogens is 1. The average Bonchev–Trinajstić information content (AvgIpc) is 2.65. The molecule has 1 aromatic heterocycles. The van der Waals surface area contributed by atoms with E-state index in [9.17, 15) is 0 Å². The predicted octanol–water partition coefficient (Wildman–Crippen LogP) is 0.559. The van der Waals surface area contributed by atoms with Crippen LogP contribution in [0.2, 0.25) is 0 Å². The van der Waals surface area contributed by atoms with E-state index in [1.807, 2.05) is 24.4 Å². The Morgan fingerprint density at radius 2 is 2.15 bits per heavy atom. The van der Waals surface area contributed by atoms with E-state index in [2.05, 4.69) is 9.98 Å². The summed E-state index contributed by atoms with van der Waals surface area (Å²) < 4.78 is 0. The SMILES string of the molecule is N=C1C=c2ccc3[nH]ccc3c2=N1. The second-order valence-electron chi connectivity index (χ2n) is 3.08. The van der Waals surface area contributed by atoms with Crippen LogP contribution >= 0.6 is 0 Å². The summed E-state index contributed by atoms with van der Waals surface area (Å²) in [6.07, 6.45) is 3.67.